The van der Waals surface area contributed by atoms with Crippen molar-refractivity contribution in [3.63, 3.8) is 0 Å². The highest BCUT2D eigenvalue weighted by Gasteiger charge is 2.33. The number of benzene rings is 1. The first-order valence-electron chi connectivity index (χ1n) is 7.97. The molecule has 1 aliphatic heterocycles. The van der Waals surface area contributed by atoms with E-state index in [1.165, 1.54) is 30.6 Å². The van der Waals surface area contributed by atoms with Crippen molar-refractivity contribution in [2.45, 2.75) is 13.0 Å². The Kier molecular flexibility index (Phi) is 3.92. The molecule has 0 unspecified atom stereocenters. The van der Waals surface area contributed by atoms with Crippen molar-refractivity contribution in [1.82, 2.24) is 19.7 Å². The Morgan fingerprint density at radius 2 is 1.92 bits per heavy atom. The van der Waals surface area contributed by atoms with Gasteiger partial charge in [0.25, 0.3) is 5.91 Å². The van der Waals surface area contributed by atoms with Gasteiger partial charge in [0.05, 0.1) is 5.57 Å². The molecular weight excluding hydrogens is 335 g/mol. The zero-order valence-corrected chi connectivity index (χ0v) is 13.8. The molecule has 1 aliphatic rings. The summed E-state index contributed by atoms with van der Waals surface area (Å²) in [6.07, 6.45) is 4.77. The number of nitrogens with zero attached hydrogens (tertiary/aromatic N) is 4. The van der Waals surface area contributed by atoms with Crippen LogP contribution in [0.3, 0.4) is 0 Å². The van der Waals surface area contributed by atoms with Crippen LogP contribution in [0.1, 0.15) is 18.5 Å². The average Bonchev–Trinajstić information content (AvgIpc) is 3.11. The van der Waals surface area contributed by atoms with Crippen LogP contribution in [0.2, 0.25) is 0 Å². The fourth-order valence-electron chi connectivity index (χ4n) is 2.97. The molecule has 1 amide bonds. The van der Waals surface area contributed by atoms with Gasteiger partial charge < -0.3 is 10.6 Å². The second-order valence-electron chi connectivity index (χ2n) is 5.84. The first-order chi connectivity index (χ1) is 12.6. The van der Waals surface area contributed by atoms with Crippen molar-refractivity contribution in [3.8, 4) is 0 Å². The molecule has 4 rings (SSSR count). The maximum atomic E-state index is 13.1. The summed E-state index contributed by atoms with van der Waals surface area (Å²) in [5.41, 5.74) is 2.54. The molecule has 0 bridgehead atoms. The van der Waals surface area contributed by atoms with E-state index in [9.17, 15) is 9.18 Å². The molecule has 0 radical (unpaired) electrons. The molecule has 0 fully saturated rings. The number of amides is 1. The predicted octanol–water partition coefficient (Wildman–Crippen LogP) is 2.74. The van der Waals surface area contributed by atoms with Crippen LogP contribution in [0.4, 0.5) is 16.0 Å². The molecule has 2 N–H and O–H groups in total. The van der Waals surface area contributed by atoms with E-state index in [0.29, 0.717) is 22.9 Å². The van der Waals surface area contributed by atoms with E-state index in [0.717, 1.165) is 5.56 Å². The lowest BCUT2D eigenvalue weighted by Crippen LogP contribution is -2.31. The number of carbonyl (C=O) groups excluding carboxylic acids is 1. The summed E-state index contributed by atoms with van der Waals surface area (Å²) >= 11 is 0. The minimum Gasteiger partial charge on any atom is -0.328 e. The maximum Gasteiger partial charge on any atom is 0.255 e. The van der Waals surface area contributed by atoms with Crippen molar-refractivity contribution < 1.29 is 9.18 Å². The van der Waals surface area contributed by atoms with Gasteiger partial charge in [0.1, 0.15) is 18.2 Å². The molecule has 0 aliphatic carbocycles. The van der Waals surface area contributed by atoms with Crippen LogP contribution >= 0.6 is 0 Å². The number of anilines is 2. The molecule has 8 heteroatoms. The van der Waals surface area contributed by atoms with Gasteiger partial charge >= 0.3 is 0 Å². The number of fused-ring (bicyclic) bond motifs is 1. The fourth-order valence-corrected chi connectivity index (χ4v) is 2.97. The number of hydrogen-bond donors (Lipinski definition) is 2. The molecular formula is C18H15FN6O. The van der Waals surface area contributed by atoms with E-state index in [1.54, 1.807) is 17.1 Å². The van der Waals surface area contributed by atoms with Crippen LogP contribution in [-0.4, -0.2) is 25.7 Å². The zero-order valence-electron chi connectivity index (χ0n) is 13.8. The Hall–Kier alpha value is -3.55. The predicted molar refractivity (Wildman–Crippen MR) is 93.8 cm³/mol. The molecule has 1 aromatic carbocycles. The Morgan fingerprint density at radius 3 is 2.65 bits per heavy atom. The third-order valence-electron chi connectivity index (χ3n) is 4.16. The van der Waals surface area contributed by atoms with Crippen LogP contribution < -0.4 is 10.6 Å². The minimum atomic E-state index is -0.447. The van der Waals surface area contributed by atoms with Gasteiger partial charge in [-0.2, -0.15) is 10.1 Å². The van der Waals surface area contributed by atoms with Crippen LogP contribution in [0.15, 0.2) is 66.4 Å². The van der Waals surface area contributed by atoms with Gasteiger partial charge in [0.15, 0.2) is 0 Å². The van der Waals surface area contributed by atoms with Gasteiger partial charge in [0, 0.05) is 23.8 Å². The highest BCUT2D eigenvalue weighted by atomic mass is 19.1. The highest BCUT2D eigenvalue weighted by Crippen LogP contribution is 2.34. The second kappa shape index (κ2) is 6.40. The van der Waals surface area contributed by atoms with Crippen molar-refractivity contribution in [2.75, 3.05) is 10.6 Å². The first-order valence-corrected chi connectivity index (χ1v) is 7.97. The number of hydrogen-bond acceptors (Lipinski definition) is 5. The average molecular weight is 350 g/mol. The largest absolute Gasteiger partial charge is 0.328 e. The monoisotopic (exact) mass is 350 g/mol. The number of rotatable bonds is 3. The number of aromatic nitrogens is 4. The van der Waals surface area contributed by atoms with Gasteiger partial charge in [-0.3, -0.25) is 9.78 Å². The summed E-state index contributed by atoms with van der Waals surface area (Å²) in [6.45, 7) is 1.81. The van der Waals surface area contributed by atoms with Gasteiger partial charge in [0.2, 0.25) is 5.95 Å². The Balaban J connectivity index is 1.74. The molecule has 130 valence electrons. The number of nitrogens with one attached hydrogen (secondary N) is 2. The molecule has 26 heavy (non-hydrogen) atoms. The first kappa shape index (κ1) is 15.9. The molecule has 7 nitrogen and oxygen atoms in total. The van der Waals surface area contributed by atoms with E-state index < -0.39 is 6.04 Å². The summed E-state index contributed by atoms with van der Waals surface area (Å²) in [5.74, 6) is -0.105. The number of carbonyl (C=O) groups is 1. The fraction of sp³-hybridized carbons (Fsp3) is 0.111. The number of pyridine rings is 1. The second-order valence-corrected chi connectivity index (χ2v) is 5.84. The lowest BCUT2D eigenvalue weighted by atomic mass is 9.96. The summed E-state index contributed by atoms with van der Waals surface area (Å²) in [6, 6.07) is 8.85. The van der Waals surface area contributed by atoms with Crippen molar-refractivity contribution in [1.29, 1.82) is 0 Å². The van der Waals surface area contributed by atoms with E-state index in [-0.39, 0.29) is 11.7 Å². The van der Waals surface area contributed by atoms with Gasteiger partial charge in [-0.25, -0.2) is 9.07 Å². The van der Waals surface area contributed by atoms with Crippen LogP contribution in [-0.2, 0) is 4.79 Å². The lowest BCUT2D eigenvalue weighted by molar-refractivity contribution is -0.113. The summed E-state index contributed by atoms with van der Waals surface area (Å²) in [5, 5.41) is 10.2. The van der Waals surface area contributed by atoms with E-state index in [4.69, 9.17) is 0 Å². The highest BCUT2D eigenvalue weighted by molar-refractivity contribution is 6.05. The maximum absolute atomic E-state index is 13.1. The van der Waals surface area contributed by atoms with Crippen LogP contribution in [0, 0.1) is 5.82 Å². The Bertz CT molecular complexity index is 980. The standard InChI is InChI=1S/C18H15FN6O/c1-11-15(17(26)24-14-4-2-13(19)3-5-14)16(12-6-8-20-9-7-12)25-18(23-11)21-10-22-25/h2-10,16H,1H3,(H,24,26)(H,21,22,23)/t16-/m1/s1. The van der Waals surface area contributed by atoms with E-state index in [1.807, 2.05) is 19.1 Å². The summed E-state index contributed by atoms with van der Waals surface area (Å²) < 4.78 is 14.8. The van der Waals surface area contributed by atoms with Gasteiger partial charge in [-0.05, 0) is 48.9 Å². The van der Waals surface area contributed by atoms with Crippen LogP contribution in [0.5, 0.6) is 0 Å². The molecule has 0 spiro atoms. The third kappa shape index (κ3) is 2.81. The topological polar surface area (TPSA) is 84.7 Å². The molecule has 1 atom stereocenters. The SMILES string of the molecule is CC1=C(C(=O)Nc2ccc(F)cc2)[C@@H](c2ccncc2)n2ncnc2N1. The Morgan fingerprint density at radius 1 is 1.19 bits per heavy atom. The normalized spacial score (nSPS) is 16.0. The number of halogens is 1. The van der Waals surface area contributed by atoms with Crippen molar-refractivity contribution in [3.05, 3.63) is 77.8 Å². The van der Waals surface area contributed by atoms with Gasteiger partial charge in [-0.15, -0.1) is 0 Å². The van der Waals surface area contributed by atoms with Crippen molar-refractivity contribution in [2.24, 2.45) is 0 Å². The van der Waals surface area contributed by atoms with E-state index in [2.05, 4.69) is 25.7 Å². The van der Waals surface area contributed by atoms with Crippen LogP contribution in [0.25, 0.3) is 0 Å². The minimum absolute atomic E-state index is 0.301. The summed E-state index contributed by atoms with van der Waals surface area (Å²) in [7, 11) is 0. The molecule has 0 saturated heterocycles. The third-order valence-corrected chi connectivity index (χ3v) is 4.16. The zero-order chi connectivity index (χ0) is 18.1. The molecule has 3 aromatic rings. The Labute approximate surface area is 148 Å². The number of allylic oxidation sites excluding steroid dienone is 1. The molecule has 2 aromatic heterocycles. The van der Waals surface area contributed by atoms with Gasteiger partial charge in [-0.1, -0.05) is 0 Å². The quantitative estimate of drug-likeness (QED) is 0.759. The summed E-state index contributed by atoms with van der Waals surface area (Å²) in [4.78, 5) is 21.2. The molecule has 3 heterocycles. The molecule has 0 saturated carbocycles. The van der Waals surface area contributed by atoms with E-state index >= 15 is 0 Å². The smallest absolute Gasteiger partial charge is 0.255 e. The van der Waals surface area contributed by atoms with Crippen molar-refractivity contribution >= 4 is 17.5 Å². The lowest BCUT2D eigenvalue weighted by Gasteiger charge is -2.28.